The maximum atomic E-state index is 10.6. The lowest BCUT2D eigenvalue weighted by Gasteiger charge is -2.38. The zero-order valence-corrected chi connectivity index (χ0v) is 10.4. The highest BCUT2D eigenvalue weighted by Crippen LogP contribution is 2.47. The summed E-state index contributed by atoms with van der Waals surface area (Å²) < 4.78 is 0. The van der Waals surface area contributed by atoms with Gasteiger partial charge in [0, 0.05) is 12.0 Å². The molecule has 0 aromatic heterocycles. The number of hydrogen-bond acceptors (Lipinski definition) is 2. The van der Waals surface area contributed by atoms with Crippen molar-refractivity contribution in [1.29, 1.82) is 0 Å². The number of aliphatic hydroxyl groups is 1. The average Bonchev–Trinajstić information content (AvgIpc) is 2.72. The predicted molar refractivity (Wildman–Crippen MR) is 67.0 cm³/mol. The van der Waals surface area contributed by atoms with Gasteiger partial charge in [0.25, 0.3) is 0 Å². The van der Waals surface area contributed by atoms with Gasteiger partial charge in [0.05, 0.1) is 6.10 Å². The molecule has 0 spiro atoms. The number of hydrogen-bond donors (Lipinski definition) is 2. The van der Waals surface area contributed by atoms with Crippen LogP contribution in [0.4, 0.5) is 0 Å². The minimum atomic E-state index is -0.188. The van der Waals surface area contributed by atoms with Crippen LogP contribution >= 0.6 is 0 Å². The third kappa shape index (κ3) is 2.18. The Morgan fingerprint density at radius 2 is 2.25 bits per heavy atom. The SMILES string of the molecule is CC1CCC(CN)(C(O)C2CC=CCC2)C1. The molecule has 0 aromatic rings. The van der Waals surface area contributed by atoms with Gasteiger partial charge in [0.15, 0.2) is 0 Å². The molecule has 2 heteroatoms. The molecule has 0 aliphatic heterocycles. The first-order valence-corrected chi connectivity index (χ1v) is 6.71. The lowest BCUT2D eigenvalue weighted by atomic mass is 9.71. The Labute approximate surface area is 98.9 Å². The standard InChI is InChI=1S/C14H25NO/c1-11-7-8-14(9-11,10-15)13(16)12-5-3-2-4-6-12/h2-3,11-13,16H,4-10,15H2,1H3. The normalized spacial score (nSPS) is 41.2. The summed E-state index contributed by atoms with van der Waals surface area (Å²) in [6.45, 7) is 2.93. The number of rotatable bonds is 3. The number of aliphatic hydroxyl groups excluding tert-OH is 1. The quantitative estimate of drug-likeness (QED) is 0.722. The molecule has 2 aliphatic rings. The fraction of sp³-hybridized carbons (Fsp3) is 0.857. The van der Waals surface area contributed by atoms with E-state index >= 15 is 0 Å². The van der Waals surface area contributed by atoms with E-state index < -0.39 is 0 Å². The summed E-state index contributed by atoms with van der Waals surface area (Å²) in [6.07, 6.45) is 11.0. The van der Waals surface area contributed by atoms with E-state index in [1.165, 1.54) is 6.42 Å². The summed E-state index contributed by atoms with van der Waals surface area (Å²) in [6, 6.07) is 0. The van der Waals surface area contributed by atoms with Gasteiger partial charge in [-0.3, -0.25) is 0 Å². The van der Waals surface area contributed by atoms with E-state index in [0.717, 1.165) is 38.0 Å². The number of allylic oxidation sites excluding steroid dienone is 2. The molecule has 1 saturated carbocycles. The second kappa shape index (κ2) is 4.89. The van der Waals surface area contributed by atoms with Crippen LogP contribution in [0.15, 0.2) is 12.2 Å². The minimum Gasteiger partial charge on any atom is -0.392 e. The van der Waals surface area contributed by atoms with E-state index in [2.05, 4.69) is 19.1 Å². The van der Waals surface area contributed by atoms with Crippen LogP contribution in [0.2, 0.25) is 0 Å². The Kier molecular flexibility index (Phi) is 3.70. The highest BCUT2D eigenvalue weighted by molar-refractivity contribution is 5.00. The van der Waals surface area contributed by atoms with Crippen molar-refractivity contribution < 1.29 is 5.11 Å². The summed E-state index contributed by atoms with van der Waals surface area (Å²) in [5.41, 5.74) is 5.98. The van der Waals surface area contributed by atoms with Crippen molar-refractivity contribution in [2.45, 2.75) is 51.6 Å². The van der Waals surface area contributed by atoms with Crippen molar-refractivity contribution in [3.05, 3.63) is 12.2 Å². The minimum absolute atomic E-state index is 0.0231. The van der Waals surface area contributed by atoms with E-state index in [0.29, 0.717) is 12.5 Å². The molecule has 0 radical (unpaired) electrons. The zero-order valence-electron chi connectivity index (χ0n) is 10.4. The van der Waals surface area contributed by atoms with Crippen molar-refractivity contribution in [3.8, 4) is 0 Å². The molecule has 4 atom stereocenters. The third-order valence-corrected chi connectivity index (χ3v) is 4.68. The van der Waals surface area contributed by atoms with Crippen molar-refractivity contribution in [1.82, 2.24) is 0 Å². The molecule has 16 heavy (non-hydrogen) atoms. The van der Waals surface area contributed by atoms with Gasteiger partial charge in [0.2, 0.25) is 0 Å². The third-order valence-electron chi connectivity index (χ3n) is 4.68. The van der Waals surface area contributed by atoms with Gasteiger partial charge in [-0.1, -0.05) is 25.5 Å². The summed E-state index contributed by atoms with van der Waals surface area (Å²) in [5.74, 6) is 1.18. The zero-order chi connectivity index (χ0) is 11.6. The lowest BCUT2D eigenvalue weighted by Crippen LogP contribution is -2.44. The van der Waals surface area contributed by atoms with Gasteiger partial charge < -0.3 is 10.8 Å². The Morgan fingerprint density at radius 3 is 2.75 bits per heavy atom. The highest BCUT2D eigenvalue weighted by atomic mass is 16.3. The molecular formula is C14H25NO. The second-order valence-corrected chi connectivity index (χ2v) is 5.90. The number of nitrogens with two attached hydrogens (primary N) is 1. The molecule has 92 valence electrons. The largest absolute Gasteiger partial charge is 0.392 e. The lowest BCUT2D eigenvalue weighted by molar-refractivity contribution is -0.0163. The molecule has 3 N–H and O–H groups in total. The van der Waals surface area contributed by atoms with Crippen LogP contribution in [-0.4, -0.2) is 17.8 Å². The van der Waals surface area contributed by atoms with Crippen molar-refractivity contribution in [2.24, 2.45) is 23.0 Å². The van der Waals surface area contributed by atoms with Gasteiger partial charge in [0.1, 0.15) is 0 Å². The summed E-state index contributed by atoms with van der Waals surface area (Å²) in [7, 11) is 0. The van der Waals surface area contributed by atoms with Crippen LogP contribution in [0.25, 0.3) is 0 Å². The Morgan fingerprint density at radius 1 is 1.44 bits per heavy atom. The molecule has 0 bridgehead atoms. The first kappa shape index (κ1) is 12.1. The fourth-order valence-corrected chi connectivity index (χ4v) is 3.61. The topological polar surface area (TPSA) is 46.2 Å². The second-order valence-electron chi connectivity index (χ2n) is 5.90. The van der Waals surface area contributed by atoms with Crippen molar-refractivity contribution in [2.75, 3.05) is 6.54 Å². The molecule has 1 fully saturated rings. The maximum Gasteiger partial charge on any atom is 0.0639 e. The average molecular weight is 223 g/mol. The molecule has 0 amide bonds. The Bertz CT molecular complexity index is 263. The van der Waals surface area contributed by atoms with Crippen LogP contribution < -0.4 is 5.73 Å². The van der Waals surface area contributed by atoms with E-state index in [-0.39, 0.29) is 11.5 Å². The molecule has 2 aliphatic carbocycles. The molecule has 0 heterocycles. The van der Waals surface area contributed by atoms with E-state index in [4.69, 9.17) is 5.73 Å². The van der Waals surface area contributed by atoms with Crippen LogP contribution in [0, 0.1) is 17.3 Å². The van der Waals surface area contributed by atoms with Crippen molar-refractivity contribution in [3.63, 3.8) is 0 Å². The van der Waals surface area contributed by atoms with Crippen LogP contribution in [-0.2, 0) is 0 Å². The van der Waals surface area contributed by atoms with E-state index in [9.17, 15) is 5.11 Å². The fourth-order valence-electron chi connectivity index (χ4n) is 3.61. The summed E-state index contributed by atoms with van der Waals surface area (Å²) in [5, 5.41) is 10.6. The Balaban J connectivity index is 2.05. The van der Waals surface area contributed by atoms with Gasteiger partial charge in [-0.2, -0.15) is 0 Å². The van der Waals surface area contributed by atoms with Crippen LogP contribution in [0.1, 0.15) is 45.4 Å². The molecule has 2 rings (SSSR count). The molecule has 0 saturated heterocycles. The highest BCUT2D eigenvalue weighted by Gasteiger charge is 2.44. The van der Waals surface area contributed by atoms with E-state index in [1.807, 2.05) is 0 Å². The van der Waals surface area contributed by atoms with Crippen LogP contribution in [0.5, 0.6) is 0 Å². The van der Waals surface area contributed by atoms with Gasteiger partial charge in [-0.05, 0) is 43.9 Å². The molecule has 0 aromatic carbocycles. The molecular weight excluding hydrogens is 198 g/mol. The summed E-state index contributed by atoms with van der Waals surface area (Å²) in [4.78, 5) is 0. The van der Waals surface area contributed by atoms with Gasteiger partial charge >= 0.3 is 0 Å². The Hall–Kier alpha value is -0.340. The first-order valence-electron chi connectivity index (χ1n) is 6.71. The van der Waals surface area contributed by atoms with Gasteiger partial charge in [-0.15, -0.1) is 0 Å². The molecule has 2 nitrogen and oxygen atoms in total. The first-order chi connectivity index (χ1) is 7.68. The monoisotopic (exact) mass is 223 g/mol. The van der Waals surface area contributed by atoms with Crippen molar-refractivity contribution >= 4 is 0 Å². The maximum absolute atomic E-state index is 10.6. The van der Waals surface area contributed by atoms with Crippen LogP contribution in [0.3, 0.4) is 0 Å². The summed E-state index contributed by atoms with van der Waals surface area (Å²) >= 11 is 0. The predicted octanol–water partition coefficient (Wildman–Crippen LogP) is 2.47. The van der Waals surface area contributed by atoms with Gasteiger partial charge in [-0.25, -0.2) is 0 Å². The van der Waals surface area contributed by atoms with E-state index in [1.54, 1.807) is 0 Å². The smallest absolute Gasteiger partial charge is 0.0639 e. The molecule has 4 unspecified atom stereocenters.